The molecule has 6 nitrogen and oxygen atoms in total. The Morgan fingerprint density at radius 3 is 2.33 bits per heavy atom. The number of hydrogen-bond acceptors (Lipinski definition) is 3. The maximum Gasteiger partial charge on any atom is 0.240 e. The normalized spacial score (nSPS) is 11.8. The second-order valence-corrected chi connectivity index (χ2v) is 5.89. The number of benzene rings is 1. The molecule has 0 saturated carbocycles. The number of aliphatic imine (C=N–C) groups is 1. The molecule has 0 spiro atoms. The van der Waals surface area contributed by atoms with Gasteiger partial charge in [0.25, 0.3) is 0 Å². The van der Waals surface area contributed by atoms with Crippen molar-refractivity contribution in [2.75, 3.05) is 26.2 Å². The summed E-state index contributed by atoms with van der Waals surface area (Å²) < 4.78 is 26.3. The highest BCUT2D eigenvalue weighted by Gasteiger charge is 2.11. The van der Waals surface area contributed by atoms with Crippen LogP contribution in [0.2, 0.25) is 0 Å². The van der Waals surface area contributed by atoms with Crippen molar-refractivity contribution in [1.82, 2.24) is 9.62 Å². The number of hydrogen-bond donors (Lipinski definition) is 2. The lowest BCUT2D eigenvalue weighted by atomic mass is 10.4. The summed E-state index contributed by atoms with van der Waals surface area (Å²) in [5, 5.41) is 0. The zero-order valence-corrected chi connectivity index (χ0v) is 15.5. The summed E-state index contributed by atoms with van der Waals surface area (Å²) in [6, 6.07) is 8.25. The van der Waals surface area contributed by atoms with Crippen LogP contribution in [-0.2, 0) is 10.0 Å². The third-order valence-corrected chi connectivity index (χ3v) is 4.30. The molecule has 0 heterocycles. The first-order valence-corrected chi connectivity index (χ1v) is 8.09. The lowest BCUT2D eigenvalue weighted by Gasteiger charge is -2.19. The number of nitrogens with two attached hydrogens (primary N) is 1. The molecular formula is C13H23IN4O2S. The van der Waals surface area contributed by atoms with Gasteiger partial charge in [0.05, 0.1) is 11.4 Å². The molecule has 0 aliphatic carbocycles. The molecular weight excluding hydrogens is 403 g/mol. The van der Waals surface area contributed by atoms with Gasteiger partial charge in [-0.3, -0.25) is 4.99 Å². The first-order valence-electron chi connectivity index (χ1n) is 6.60. The number of nitrogens with one attached hydrogen (secondary N) is 1. The van der Waals surface area contributed by atoms with Crippen molar-refractivity contribution in [3.8, 4) is 0 Å². The topological polar surface area (TPSA) is 87.8 Å². The van der Waals surface area contributed by atoms with Crippen LogP contribution >= 0.6 is 24.0 Å². The standard InChI is InChI=1S/C13H22N4O2S.HI/c1-3-17(4-2)13(14)15-10-11-16-20(18,19)12-8-6-5-7-9-12;/h5-9,16H,3-4,10-11H2,1-2H3,(H2,14,15);1H. The summed E-state index contributed by atoms with van der Waals surface area (Å²) in [7, 11) is -3.46. The predicted octanol–water partition coefficient (Wildman–Crippen LogP) is 1.24. The molecule has 1 aromatic carbocycles. The molecule has 21 heavy (non-hydrogen) atoms. The average Bonchev–Trinajstić information content (AvgIpc) is 2.46. The maximum atomic E-state index is 11.9. The zero-order valence-electron chi connectivity index (χ0n) is 12.3. The fourth-order valence-corrected chi connectivity index (χ4v) is 2.72. The summed E-state index contributed by atoms with van der Waals surface area (Å²) in [4.78, 5) is 6.32. The minimum Gasteiger partial charge on any atom is -0.370 e. The molecule has 0 aromatic heterocycles. The molecule has 0 unspecified atom stereocenters. The minimum atomic E-state index is -3.46. The van der Waals surface area contributed by atoms with Crippen molar-refractivity contribution in [2.45, 2.75) is 18.7 Å². The second-order valence-electron chi connectivity index (χ2n) is 4.12. The first kappa shape index (κ1) is 20.1. The van der Waals surface area contributed by atoms with Crippen LogP contribution in [0.4, 0.5) is 0 Å². The number of rotatable bonds is 7. The van der Waals surface area contributed by atoms with E-state index in [4.69, 9.17) is 5.73 Å². The summed E-state index contributed by atoms with van der Waals surface area (Å²) in [6.07, 6.45) is 0. The smallest absolute Gasteiger partial charge is 0.240 e. The number of nitrogens with zero attached hydrogens (tertiary/aromatic N) is 2. The van der Waals surface area contributed by atoms with Gasteiger partial charge in [-0.2, -0.15) is 0 Å². The highest BCUT2D eigenvalue weighted by atomic mass is 127. The quantitative estimate of drug-likeness (QED) is 0.297. The molecule has 0 atom stereocenters. The highest BCUT2D eigenvalue weighted by molar-refractivity contribution is 14.0. The van der Waals surface area contributed by atoms with E-state index in [9.17, 15) is 8.42 Å². The fourth-order valence-electron chi connectivity index (χ4n) is 1.68. The van der Waals surface area contributed by atoms with Crippen molar-refractivity contribution in [3.05, 3.63) is 30.3 Å². The van der Waals surface area contributed by atoms with Crippen LogP contribution in [0.5, 0.6) is 0 Å². The van der Waals surface area contributed by atoms with E-state index in [1.807, 2.05) is 18.7 Å². The van der Waals surface area contributed by atoms with Gasteiger partial charge in [-0.05, 0) is 26.0 Å². The van der Waals surface area contributed by atoms with Gasteiger partial charge in [0.1, 0.15) is 0 Å². The summed E-state index contributed by atoms with van der Waals surface area (Å²) in [5.41, 5.74) is 5.80. The Kier molecular flexibility index (Phi) is 9.54. The monoisotopic (exact) mass is 426 g/mol. The Morgan fingerprint density at radius 2 is 1.81 bits per heavy atom. The summed E-state index contributed by atoms with van der Waals surface area (Å²) in [5.74, 6) is 0.439. The average molecular weight is 426 g/mol. The lowest BCUT2D eigenvalue weighted by Crippen LogP contribution is -2.37. The van der Waals surface area contributed by atoms with E-state index < -0.39 is 10.0 Å². The van der Waals surface area contributed by atoms with Crippen LogP contribution in [0.1, 0.15) is 13.8 Å². The molecule has 1 aromatic rings. The number of halogens is 1. The van der Waals surface area contributed by atoms with E-state index >= 15 is 0 Å². The maximum absolute atomic E-state index is 11.9. The van der Waals surface area contributed by atoms with E-state index in [0.717, 1.165) is 13.1 Å². The van der Waals surface area contributed by atoms with Crippen LogP contribution in [0.15, 0.2) is 40.2 Å². The summed E-state index contributed by atoms with van der Waals surface area (Å²) >= 11 is 0. The Bertz CT molecular complexity index is 530. The molecule has 120 valence electrons. The lowest BCUT2D eigenvalue weighted by molar-refractivity contribution is 0.458. The Labute approximate surface area is 143 Å². The molecule has 0 aliphatic rings. The van der Waals surface area contributed by atoms with Crippen LogP contribution in [0.3, 0.4) is 0 Å². The first-order chi connectivity index (χ1) is 9.51. The van der Waals surface area contributed by atoms with Crippen molar-refractivity contribution in [3.63, 3.8) is 0 Å². The van der Waals surface area contributed by atoms with Gasteiger partial charge in [-0.1, -0.05) is 18.2 Å². The van der Waals surface area contributed by atoms with Crippen LogP contribution < -0.4 is 10.5 Å². The van der Waals surface area contributed by atoms with E-state index in [1.54, 1.807) is 30.3 Å². The van der Waals surface area contributed by atoms with E-state index in [-0.39, 0.29) is 35.4 Å². The van der Waals surface area contributed by atoms with Crippen molar-refractivity contribution >= 4 is 40.0 Å². The third-order valence-electron chi connectivity index (χ3n) is 2.82. The fraction of sp³-hybridized carbons (Fsp3) is 0.462. The molecule has 0 amide bonds. The Morgan fingerprint density at radius 1 is 1.24 bits per heavy atom. The van der Waals surface area contributed by atoms with Gasteiger partial charge in [0, 0.05) is 19.6 Å². The van der Waals surface area contributed by atoms with Crippen molar-refractivity contribution in [1.29, 1.82) is 0 Å². The third kappa shape index (κ3) is 6.62. The molecule has 0 bridgehead atoms. The molecule has 8 heteroatoms. The molecule has 0 aliphatic heterocycles. The number of sulfonamides is 1. The largest absolute Gasteiger partial charge is 0.370 e. The minimum absolute atomic E-state index is 0. The SMILES string of the molecule is CCN(CC)C(N)=NCCNS(=O)(=O)c1ccccc1.I. The Hall–Kier alpha value is -0.870. The van der Waals surface area contributed by atoms with Crippen molar-refractivity contribution < 1.29 is 8.42 Å². The van der Waals surface area contributed by atoms with E-state index in [0.29, 0.717) is 12.5 Å². The van der Waals surface area contributed by atoms with Gasteiger partial charge in [0.2, 0.25) is 10.0 Å². The van der Waals surface area contributed by atoms with Crippen molar-refractivity contribution in [2.24, 2.45) is 10.7 Å². The molecule has 1 rings (SSSR count). The second kappa shape index (κ2) is 9.96. The van der Waals surface area contributed by atoms with Gasteiger partial charge >= 0.3 is 0 Å². The van der Waals surface area contributed by atoms with Gasteiger partial charge in [0.15, 0.2) is 5.96 Å². The van der Waals surface area contributed by atoms with Crippen LogP contribution in [0, 0.1) is 0 Å². The van der Waals surface area contributed by atoms with Gasteiger partial charge < -0.3 is 10.6 Å². The predicted molar refractivity (Wildman–Crippen MR) is 96.5 cm³/mol. The number of guanidine groups is 1. The summed E-state index contributed by atoms with van der Waals surface area (Å²) in [6.45, 7) is 6.07. The van der Waals surface area contributed by atoms with E-state index in [2.05, 4.69) is 9.71 Å². The molecule has 0 fully saturated rings. The van der Waals surface area contributed by atoms with Crippen LogP contribution in [-0.4, -0.2) is 45.5 Å². The molecule has 3 N–H and O–H groups in total. The van der Waals surface area contributed by atoms with Gasteiger partial charge in [-0.25, -0.2) is 13.1 Å². The Balaban J connectivity index is 0.00000400. The van der Waals surface area contributed by atoms with Crippen LogP contribution in [0.25, 0.3) is 0 Å². The zero-order chi connectivity index (χ0) is 15.0. The van der Waals surface area contributed by atoms with Gasteiger partial charge in [-0.15, -0.1) is 24.0 Å². The molecule has 0 radical (unpaired) electrons. The molecule has 0 saturated heterocycles. The highest BCUT2D eigenvalue weighted by Crippen LogP contribution is 2.06. The van der Waals surface area contributed by atoms with E-state index in [1.165, 1.54) is 0 Å².